The summed E-state index contributed by atoms with van der Waals surface area (Å²) in [7, 11) is 0. The third-order valence-corrected chi connectivity index (χ3v) is 5.34. The van der Waals surface area contributed by atoms with Gasteiger partial charge in [0.2, 0.25) is 0 Å². The van der Waals surface area contributed by atoms with E-state index in [1.165, 1.54) is 23.7 Å². The molecule has 0 bridgehead atoms. The molecule has 0 saturated carbocycles. The summed E-state index contributed by atoms with van der Waals surface area (Å²) in [5.41, 5.74) is 1.10. The van der Waals surface area contributed by atoms with Gasteiger partial charge in [-0.2, -0.15) is 13.2 Å². The molecule has 2 aromatic carbocycles. The molecule has 1 atom stereocenters. The van der Waals surface area contributed by atoms with Crippen molar-refractivity contribution in [1.82, 2.24) is 4.37 Å². The number of hydrogen-bond acceptors (Lipinski definition) is 3. The molecule has 0 fully saturated rings. The van der Waals surface area contributed by atoms with Gasteiger partial charge in [0.05, 0.1) is 10.4 Å². The van der Waals surface area contributed by atoms with Crippen LogP contribution in [0.1, 0.15) is 29.2 Å². The second-order valence-electron chi connectivity index (χ2n) is 6.12. The van der Waals surface area contributed by atoms with Crippen LogP contribution in [-0.2, 0) is 12.6 Å². The molecule has 3 nitrogen and oxygen atoms in total. The average molecular weight is 377 g/mol. The third kappa shape index (κ3) is 3.14. The second-order valence-corrected chi connectivity index (χ2v) is 6.97. The van der Waals surface area contributed by atoms with Gasteiger partial charge in [0.15, 0.2) is 0 Å². The number of rotatable bonds is 3. The lowest BCUT2D eigenvalue weighted by Crippen LogP contribution is -2.09. The first kappa shape index (κ1) is 16.9. The maximum atomic E-state index is 13.1. The predicted molar refractivity (Wildman–Crippen MR) is 93.5 cm³/mol. The molecule has 0 unspecified atom stereocenters. The molecule has 0 aliphatic heterocycles. The fourth-order valence-electron chi connectivity index (χ4n) is 3.29. The number of alkyl halides is 3. The molecule has 1 aromatic heterocycles. The summed E-state index contributed by atoms with van der Waals surface area (Å²) in [5.74, 6) is 0.590. The van der Waals surface area contributed by atoms with Crippen LogP contribution >= 0.6 is 11.5 Å². The lowest BCUT2D eigenvalue weighted by atomic mass is 10.0. The highest BCUT2D eigenvalue weighted by molar-refractivity contribution is 7.09. The van der Waals surface area contributed by atoms with Gasteiger partial charge in [-0.05, 0) is 59.9 Å². The number of fused-ring (bicyclic) bond motifs is 1. The molecule has 1 heterocycles. The van der Waals surface area contributed by atoms with E-state index in [1.54, 1.807) is 18.2 Å². The number of nitrogens with one attached hydrogen (secondary N) is 1. The minimum absolute atomic E-state index is 0.145. The Kier molecular flexibility index (Phi) is 4.11. The van der Waals surface area contributed by atoms with Crippen LogP contribution < -0.4 is 10.3 Å². The van der Waals surface area contributed by atoms with Crippen LogP contribution in [0.4, 0.5) is 13.2 Å². The van der Waals surface area contributed by atoms with Crippen molar-refractivity contribution in [2.75, 3.05) is 0 Å². The van der Waals surface area contributed by atoms with Crippen LogP contribution in [0.2, 0.25) is 0 Å². The van der Waals surface area contributed by atoms with Crippen LogP contribution in [0.25, 0.3) is 10.4 Å². The number of aromatic nitrogens is 1. The maximum Gasteiger partial charge on any atom is 0.416 e. The number of halogens is 3. The predicted octanol–water partition coefficient (Wildman–Crippen LogP) is 5.19. The normalized spacial score (nSPS) is 16.5. The van der Waals surface area contributed by atoms with Gasteiger partial charge in [-0.15, -0.1) is 0 Å². The molecule has 0 radical (unpaired) electrons. The highest BCUT2D eigenvalue weighted by Crippen LogP contribution is 2.42. The van der Waals surface area contributed by atoms with E-state index in [0.717, 1.165) is 16.5 Å². The molecular formula is C19H14F3NO2S. The number of H-pyrrole nitrogens is 1. The molecule has 26 heavy (non-hydrogen) atoms. The van der Waals surface area contributed by atoms with Crippen LogP contribution in [-0.4, -0.2) is 4.37 Å². The van der Waals surface area contributed by atoms with E-state index >= 15 is 0 Å². The maximum absolute atomic E-state index is 13.1. The summed E-state index contributed by atoms with van der Waals surface area (Å²) < 4.78 is 48.0. The number of ether oxygens (including phenoxy) is 1. The Morgan fingerprint density at radius 2 is 1.88 bits per heavy atom. The highest BCUT2D eigenvalue weighted by Gasteiger charge is 2.37. The van der Waals surface area contributed by atoms with Gasteiger partial charge in [-0.3, -0.25) is 9.17 Å². The summed E-state index contributed by atoms with van der Waals surface area (Å²) in [5, 5.41) is 0. The molecule has 4 rings (SSSR count). The second kappa shape index (κ2) is 6.32. The average Bonchev–Trinajstić information content (AvgIpc) is 3.21. The summed E-state index contributed by atoms with van der Waals surface area (Å²) in [6.07, 6.45) is -3.87. The van der Waals surface area contributed by atoms with Crippen LogP contribution in [0, 0.1) is 0 Å². The number of hydrogen-bond donors (Lipinski definition) is 1. The van der Waals surface area contributed by atoms with Gasteiger partial charge < -0.3 is 4.74 Å². The van der Waals surface area contributed by atoms with Crippen molar-refractivity contribution < 1.29 is 17.9 Å². The highest BCUT2D eigenvalue weighted by atomic mass is 32.1. The van der Waals surface area contributed by atoms with Crippen molar-refractivity contribution in [1.29, 1.82) is 0 Å². The lowest BCUT2D eigenvalue weighted by molar-refractivity contribution is -0.138. The molecule has 134 valence electrons. The SMILES string of the molecule is O=c1cc(-c2ccc(O[C@@H]3CCc4c3cccc4C(F)(F)F)cc2)s[nH]1. The zero-order chi connectivity index (χ0) is 18.3. The molecule has 0 saturated heterocycles. The van der Waals surface area contributed by atoms with E-state index in [9.17, 15) is 18.0 Å². The van der Waals surface area contributed by atoms with E-state index in [4.69, 9.17) is 4.74 Å². The Labute approximate surface area is 151 Å². The first-order chi connectivity index (χ1) is 12.4. The standard InChI is InChI=1S/C19H14F3NO2S/c20-19(21,22)15-3-1-2-14-13(15)8-9-16(14)25-12-6-4-11(5-7-12)17-10-18(24)23-26-17/h1-7,10,16H,8-9H2,(H,23,24)/t16-/m1/s1. The summed E-state index contributed by atoms with van der Waals surface area (Å²) in [6, 6.07) is 13.0. The van der Waals surface area contributed by atoms with Crippen LogP contribution in [0.3, 0.4) is 0 Å². The fourth-order valence-corrected chi connectivity index (χ4v) is 3.98. The molecule has 1 aliphatic rings. The molecule has 3 aromatic rings. The zero-order valence-corrected chi connectivity index (χ0v) is 14.3. The topological polar surface area (TPSA) is 42.1 Å². The molecule has 1 aliphatic carbocycles. The Bertz CT molecular complexity index is 989. The Balaban J connectivity index is 1.56. The van der Waals surface area contributed by atoms with Crippen molar-refractivity contribution >= 4 is 11.5 Å². The molecule has 0 amide bonds. The largest absolute Gasteiger partial charge is 0.486 e. The minimum Gasteiger partial charge on any atom is -0.486 e. The molecule has 1 N–H and O–H groups in total. The van der Waals surface area contributed by atoms with Crippen LogP contribution in [0.5, 0.6) is 5.75 Å². The quantitative estimate of drug-likeness (QED) is 0.683. The van der Waals surface area contributed by atoms with Gasteiger partial charge in [-0.25, -0.2) is 0 Å². The fraction of sp³-hybridized carbons (Fsp3) is 0.211. The summed E-state index contributed by atoms with van der Waals surface area (Å²) in [4.78, 5) is 12.0. The lowest BCUT2D eigenvalue weighted by Gasteiger charge is -2.16. The van der Waals surface area contributed by atoms with Gasteiger partial charge in [0.1, 0.15) is 11.9 Å². The Morgan fingerprint density at radius 1 is 1.12 bits per heavy atom. The Hall–Kier alpha value is -2.54. The van der Waals surface area contributed by atoms with E-state index in [0.29, 0.717) is 29.7 Å². The van der Waals surface area contributed by atoms with E-state index in [-0.39, 0.29) is 11.7 Å². The van der Waals surface area contributed by atoms with Crippen molar-refractivity contribution in [3.05, 3.63) is 75.6 Å². The minimum atomic E-state index is -4.35. The van der Waals surface area contributed by atoms with Gasteiger partial charge in [0.25, 0.3) is 5.56 Å². The number of aromatic amines is 1. The smallest absolute Gasteiger partial charge is 0.416 e. The summed E-state index contributed by atoms with van der Waals surface area (Å²) >= 11 is 1.25. The van der Waals surface area contributed by atoms with Gasteiger partial charge >= 0.3 is 6.18 Å². The van der Waals surface area contributed by atoms with Crippen molar-refractivity contribution in [3.8, 4) is 16.2 Å². The monoisotopic (exact) mass is 377 g/mol. The first-order valence-corrected chi connectivity index (χ1v) is 8.88. The van der Waals surface area contributed by atoms with Crippen molar-refractivity contribution in [2.24, 2.45) is 0 Å². The van der Waals surface area contributed by atoms with Crippen molar-refractivity contribution in [3.63, 3.8) is 0 Å². The zero-order valence-electron chi connectivity index (χ0n) is 13.5. The Morgan fingerprint density at radius 3 is 2.54 bits per heavy atom. The van der Waals surface area contributed by atoms with E-state index < -0.39 is 11.7 Å². The number of benzene rings is 2. The van der Waals surface area contributed by atoms with Gasteiger partial charge in [-0.1, -0.05) is 23.7 Å². The van der Waals surface area contributed by atoms with Gasteiger partial charge in [0, 0.05) is 6.07 Å². The third-order valence-electron chi connectivity index (χ3n) is 4.46. The summed E-state index contributed by atoms with van der Waals surface area (Å²) in [6.45, 7) is 0. The van der Waals surface area contributed by atoms with E-state index in [1.807, 2.05) is 12.1 Å². The first-order valence-electron chi connectivity index (χ1n) is 8.06. The molecule has 0 spiro atoms. The van der Waals surface area contributed by atoms with Crippen molar-refractivity contribution in [2.45, 2.75) is 25.1 Å². The van der Waals surface area contributed by atoms with Crippen LogP contribution in [0.15, 0.2) is 53.3 Å². The molecular weight excluding hydrogens is 363 g/mol. The molecule has 7 heteroatoms. The van der Waals surface area contributed by atoms with E-state index in [2.05, 4.69) is 4.37 Å².